The lowest BCUT2D eigenvalue weighted by Crippen LogP contribution is -2.07. The van der Waals surface area contributed by atoms with E-state index in [0.717, 1.165) is 18.6 Å². The van der Waals surface area contributed by atoms with Gasteiger partial charge >= 0.3 is 0 Å². The molecule has 0 heterocycles. The average molecular weight is 150 g/mol. The molecule has 0 rings (SSSR count). The van der Waals surface area contributed by atoms with Crippen molar-refractivity contribution in [3.05, 3.63) is 0 Å². The Morgan fingerprint density at radius 3 is 2.33 bits per heavy atom. The topological polar surface area (TPSA) is 0 Å². The van der Waals surface area contributed by atoms with Crippen molar-refractivity contribution in [1.29, 1.82) is 0 Å². The maximum absolute atomic E-state index is 12.4. The maximum atomic E-state index is 12.4. The summed E-state index contributed by atoms with van der Waals surface area (Å²) in [5, 5.41) is 0. The molecule has 0 aromatic carbocycles. The van der Waals surface area contributed by atoms with Gasteiger partial charge in [-0.25, -0.2) is 4.39 Å². The molecule has 2 atom stereocenters. The van der Waals surface area contributed by atoms with Gasteiger partial charge in [0.2, 0.25) is 0 Å². The average Bonchev–Trinajstić information content (AvgIpc) is 1.82. The molecule has 0 aromatic heterocycles. The van der Waals surface area contributed by atoms with E-state index in [-0.39, 0.29) is 5.92 Å². The van der Waals surface area contributed by atoms with Crippen molar-refractivity contribution in [3.8, 4) is 0 Å². The zero-order chi connectivity index (χ0) is 7.28. The minimum atomic E-state index is -0.662. The predicted octanol–water partition coefficient (Wildman–Crippen LogP) is 2.69. The molecule has 56 valence electrons. The molecule has 9 heavy (non-hydrogen) atoms. The van der Waals surface area contributed by atoms with Crippen LogP contribution in [0.25, 0.3) is 0 Å². The van der Waals surface area contributed by atoms with Crippen LogP contribution in [-0.2, 0) is 0 Å². The van der Waals surface area contributed by atoms with Crippen LogP contribution in [0.1, 0.15) is 26.7 Å². The summed E-state index contributed by atoms with van der Waals surface area (Å²) >= 11 is 4.04. The Morgan fingerprint density at radius 2 is 2.00 bits per heavy atom. The van der Waals surface area contributed by atoms with Crippen LogP contribution in [0.4, 0.5) is 4.39 Å². The molecule has 0 bridgehead atoms. The van der Waals surface area contributed by atoms with E-state index in [1.54, 1.807) is 6.92 Å². The molecule has 0 saturated heterocycles. The summed E-state index contributed by atoms with van der Waals surface area (Å²) in [4.78, 5) is 0. The highest BCUT2D eigenvalue weighted by Crippen LogP contribution is 2.13. The largest absolute Gasteiger partial charge is 0.248 e. The monoisotopic (exact) mass is 150 g/mol. The van der Waals surface area contributed by atoms with Gasteiger partial charge in [0.15, 0.2) is 0 Å². The third-order valence-electron chi connectivity index (χ3n) is 1.60. The first-order valence-corrected chi connectivity index (χ1v) is 4.06. The fourth-order valence-corrected chi connectivity index (χ4v) is 0.825. The Hall–Kier alpha value is 0.280. The van der Waals surface area contributed by atoms with E-state index in [2.05, 4.69) is 12.6 Å². The maximum Gasteiger partial charge on any atom is 0.0998 e. The van der Waals surface area contributed by atoms with Gasteiger partial charge in [-0.1, -0.05) is 6.92 Å². The van der Waals surface area contributed by atoms with Crippen molar-refractivity contribution in [2.45, 2.75) is 32.9 Å². The molecule has 0 aliphatic carbocycles. The second-order valence-electron chi connectivity index (χ2n) is 2.52. The molecule has 2 heteroatoms. The number of thiol groups is 1. The summed E-state index contributed by atoms with van der Waals surface area (Å²) in [5.74, 6) is 1.08. The van der Waals surface area contributed by atoms with Crippen LogP contribution in [0, 0.1) is 5.92 Å². The molecular formula is C7H15FS. The van der Waals surface area contributed by atoms with E-state index >= 15 is 0 Å². The molecule has 0 aliphatic heterocycles. The Kier molecular flexibility index (Phi) is 5.25. The molecule has 0 saturated carbocycles. The first-order valence-electron chi connectivity index (χ1n) is 3.43. The highest BCUT2D eigenvalue weighted by Gasteiger charge is 2.08. The minimum Gasteiger partial charge on any atom is -0.248 e. The van der Waals surface area contributed by atoms with Crippen molar-refractivity contribution in [2.75, 3.05) is 5.75 Å². The molecule has 0 nitrogen and oxygen atoms in total. The van der Waals surface area contributed by atoms with E-state index in [0.29, 0.717) is 0 Å². The van der Waals surface area contributed by atoms with Crippen LogP contribution in [-0.4, -0.2) is 11.9 Å². The fraction of sp³-hybridized carbons (Fsp3) is 1.00. The highest BCUT2D eigenvalue weighted by molar-refractivity contribution is 7.80. The van der Waals surface area contributed by atoms with E-state index in [1.165, 1.54) is 0 Å². The van der Waals surface area contributed by atoms with Gasteiger partial charge in [0.05, 0.1) is 6.17 Å². The van der Waals surface area contributed by atoms with Gasteiger partial charge in [-0.15, -0.1) is 0 Å². The van der Waals surface area contributed by atoms with E-state index < -0.39 is 6.17 Å². The van der Waals surface area contributed by atoms with E-state index in [9.17, 15) is 4.39 Å². The summed E-state index contributed by atoms with van der Waals surface area (Å²) in [5.41, 5.74) is 0. The van der Waals surface area contributed by atoms with Gasteiger partial charge in [0, 0.05) is 0 Å². The van der Waals surface area contributed by atoms with Crippen molar-refractivity contribution in [1.82, 2.24) is 0 Å². The standard InChI is InChI=1S/C7H15FS/c1-6(7(2)8)4-3-5-9/h6-7,9H,3-5H2,1-2H3. The van der Waals surface area contributed by atoms with Gasteiger partial charge in [0.1, 0.15) is 0 Å². The summed E-state index contributed by atoms with van der Waals surface area (Å²) < 4.78 is 12.4. The van der Waals surface area contributed by atoms with Gasteiger partial charge in [-0.2, -0.15) is 12.6 Å². The van der Waals surface area contributed by atoms with Crippen LogP contribution >= 0.6 is 12.6 Å². The van der Waals surface area contributed by atoms with Crippen molar-refractivity contribution < 1.29 is 4.39 Å². The minimum absolute atomic E-state index is 0.206. The molecule has 0 aromatic rings. The normalized spacial score (nSPS) is 17.3. The molecule has 0 N–H and O–H groups in total. The number of alkyl halides is 1. The summed E-state index contributed by atoms with van der Waals surface area (Å²) in [6.07, 6.45) is 1.32. The summed E-state index contributed by atoms with van der Waals surface area (Å²) in [6, 6.07) is 0. The van der Waals surface area contributed by atoms with Crippen LogP contribution in [0.3, 0.4) is 0 Å². The number of halogens is 1. The molecule has 0 amide bonds. The smallest absolute Gasteiger partial charge is 0.0998 e. The van der Waals surface area contributed by atoms with Gasteiger partial charge in [-0.3, -0.25) is 0 Å². The van der Waals surface area contributed by atoms with Crippen LogP contribution in [0.5, 0.6) is 0 Å². The fourth-order valence-electron chi connectivity index (χ4n) is 0.643. The van der Waals surface area contributed by atoms with Gasteiger partial charge < -0.3 is 0 Å². The lowest BCUT2D eigenvalue weighted by molar-refractivity contribution is 0.252. The molecule has 0 radical (unpaired) electrons. The van der Waals surface area contributed by atoms with E-state index in [4.69, 9.17) is 0 Å². The molecule has 0 spiro atoms. The second kappa shape index (κ2) is 5.10. The lowest BCUT2D eigenvalue weighted by atomic mass is 10.0. The van der Waals surface area contributed by atoms with Gasteiger partial charge in [-0.05, 0) is 31.4 Å². The Morgan fingerprint density at radius 1 is 1.44 bits per heavy atom. The third-order valence-corrected chi connectivity index (χ3v) is 1.92. The highest BCUT2D eigenvalue weighted by atomic mass is 32.1. The quantitative estimate of drug-likeness (QED) is 0.585. The zero-order valence-corrected chi connectivity index (χ0v) is 7.00. The Balaban J connectivity index is 3.16. The molecule has 0 aliphatic rings. The summed E-state index contributed by atoms with van der Waals surface area (Å²) in [6.45, 7) is 3.55. The molecule has 0 fully saturated rings. The predicted molar refractivity (Wildman–Crippen MR) is 42.8 cm³/mol. The lowest BCUT2D eigenvalue weighted by Gasteiger charge is -2.10. The van der Waals surface area contributed by atoms with Crippen molar-refractivity contribution in [3.63, 3.8) is 0 Å². The van der Waals surface area contributed by atoms with Crippen molar-refractivity contribution in [2.24, 2.45) is 5.92 Å². The Labute approximate surface area is 62.2 Å². The first kappa shape index (κ1) is 9.28. The Bertz CT molecular complexity index is 63.9. The third kappa shape index (κ3) is 4.76. The second-order valence-corrected chi connectivity index (χ2v) is 2.97. The van der Waals surface area contributed by atoms with E-state index in [1.807, 2.05) is 6.92 Å². The molecular weight excluding hydrogens is 135 g/mol. The van der Waals surface area contributed by atoms with Crippen LogP contribution in [0.2, 0.25) is 0 Å². The van der Waals surface area contributed by atoms with Gasteiger partial charge in [0.25, 0.3) is 0 Å². The molecule has 2 unspecified atom stereocenters. The zero-order valence-electron chi connectivity index (χ0n) is 6.10. The summed E-state index contributed by atoms with van der Waals surface area (Å²) in [7, 11) is 0. The number of rotatable bonds is 4. The SMILES string of the molecule is CC(F)C(C)CCCS. The van der Waals surface area contributed by atoms with Crippen LogP contribution in [0.15, 0.2) is 0 Å². The van der Waals surface area contributed by atoms with Crippen LogP contribution < -0.4 is 0 Å². The number of hydrogen-bond donors (Lipinski definition) is 1. The first-order chi connectivity index (χ1) is 4.18. The number of hydrogen-bond acceptors (Lipinski definition) is 1. The van der Waals surface area contributed by atoms with Crippen molar-refractivity contribution >= 4 is 12.6 Å².